The van der Waals surface area contributed by atoms with Crippen molar-refractivity contribution in [2.24, 2.45) is 0 Å². The van der Waals surface area contributed by atoms with Gasteiger partial charge in [-0.15, -0.1) is 0 Å². The number of hydrogen-bond acceptors (Lipinski definition) is 5. The van der Waals surface area contributed by atoms with E-state index in [0.717, 1.165) is 29.2 Å². The molecule has 5 nitrogen and oxygen atoms in total. The molecule has 0 aliphatic carbocycles. The summed E-state index contributed by atoms with van der Waals surface area (Å²) in [6.45, 7) is 2.90. The summed E-state index contributed by atoms with van der Waals surface area (Å²) in [6, 6.07) is 5.84. The summed E-state index contributed by atoms with van der Waals surface area (Å²) in [5.74, 6) is 1.53. The van der Waals surface area contributed by atoms with Gasteiger partial charge in [0.1, 0.15) is 17.8 Å². The van der Waals surface area contributed by atoms with Gasteiger partial charge < -0.3 is 14.8 Å². The van der Waals surface area contributed by atoms with Crippen molar-refractivity contribution in [3.63, 3.8) is 0 Å². The molecule has 1 unspecified atom stereocenters. The highest BCUT2D eigenvalue weighted by atomic mass is 16.5. The van der Waals surface area contributed by atoms with E-state index in [4.69, 9.17) is 9.47 Å². The van der Waals surface area contributed by atoms with Gasteiger partial charge in [-0.3, -0.25) is 0 Å². The second kappa shape index (κ2) is 6.86. The third-order valence-electron chi connectivity index (χ3n) is 3.03. The number of nitrogens with zero attached hydrogens (tertiary/aromatic N) is 2. The van der Waals surface area contributed by atoms with Gasteiger partial charge in [-0.25, -0.2) is 9.97 Å². The fraction of sp³-hybridized carbons (Fsp3) is 0.333. The second-order valence-corrected chi connectivity index (χ2v) is 4.31. The topological polar surface area (TPSA) is 56.3 Å². The molecule has 0 bridgehead atoms. The Hall–Kier alpha value is -2.14. The molecule has 1 aromatic heterocycles. The SMILES string of the molecule is CCNC(c1cncnc1)c1cc(OC)cc(OC)c1. The van der Waals surface area contributed by atoms with Crippen LogP contribution in [0.2, 0.25) is 0 Å². The van der Waals surface area contributed by atoms with E-state index in [-0.39, 0.29) is 6.04 Å². The molecule has 1 atom stereocenters. The van der Waals surface area contributed by atoms with E-state index in [0.29, 0.717) is 0 Å². The standard InChI is InChI=1S/C15H19N3O2/c1-4-18-15(12-8-16-10-17-9-12)11-5-13(19-2)7-14(6-11)20-3/h5-10,15,18H,4H2,1-3H3. The zero-order valence-electron chi connectivity index (χ0n) is 12.0. The monoisotopic (exact) mass is 273 g/mol. The fourth-order valence-electron chi connectivity index (χ4n) is 2.09. The molecular weight excluding hydrogens is 254 g/mol. The first-order valence-corrected chi connectivity index (χ1v) is 6.49. The minimum Gasteiger partial charge on any atom is -0.497 e. The molecule has 1 N–H and O–H groups in total. The third kappa shape index (κ3) is 3.24. The Labute approximate surface area is 119 Å². The third-order valence-corrected chi connectivity index (χ3v) is 3.03. The Kier molecular flexibility index (Phi) is 4.90. The summed E-state index contributed by atoms with van der Waals surface area (Å²) in [5, 5.41) is 3.43. The molecule has 106 valence electrons. The number of rotatable bonds is 6. The van der Waals surface area contributed by atoms with Crippen molar-refractivity contribution in [3.05, 3.63) is 48.0 Å². The molecule has 20 heavy (non-hydrogen) atoms. The van der Waals surface area contributed by atoms with Crippen LogP contribution in [0.4, 0.5) is 0 Å². The average Bonchev–Trinajstić information content (AvgIpc) is 2.52. The van der Waals surface area contributed by atoms with Crippen molar-refractivity contribution < 1.29 is 9.47 Å². The first-order valence-electron chi connectivity index (χ1n) is 6.49. The van der Waals surface area contributed by atoms with Crippen molar-refractivity contribution in [1.29, 1.82) is 0 Å². The summed E-state index contributed by atoms with van der Waals surface area (Å²) in [5.41, 5.74) is 2.06. The molecule has 1 heterocycles. The molecular formula is C15H19N3O2. The average molecular weight is 273 g/mol. The summed E-state index contributed by atoms with van der Waals surface area (Å²) in [6.07, 6.45) is 5.15. The quantitative estimate of drug-likeness (QED) is 0.874. The van der Waals surface area contributed by atoms with Crippen LogP contribution in [0.5, 0.6) is 11.5 Å². The number of aromatic nitrogens is 2. The molecule has 0 radical (unpaired) electrons. The van der Waals surface area contributed by atoms with Crippen LogP contribution in [-0.2, 0) is 0 Å². The lowest BCUT2D eigenvalue weighted by atomic mass is 10.0. The fourth-order valence-corrected chi connectivity index (χ4v) is 2.09. The number of nitrogens with one attached hydrogen (secondary N) is 1. The van der Waals surface area contributed by atoms with Crippen molar-refractivity contribution >= 4 is 0 Å². The molecule has 2 rings (SSSR count). The van der Waals surface area contributed by atoms with Crippen LogP contribution in [0.1, 0.15) is 24.1 Å². The van der Waals surface area contributed by atoms with Gasteiger partial charge in [0.25, 0.3) is 0 Å². The van der Waals surface area contributed by atoms with E-state index in [1.807, 2.05) is 30.6 Å². The Morgan fingerprint density at radius 2 is 1.60 bits per heavy atom. The lowest BCUT2D eigenvalue weighted by molar-refractivity contribution is 0.392. The van der Waals surface area contributed by atoms with E-state index < -0.39 is 0 Å². The Balaban J connectivity index is 2.43. The van der Waals surface area contributed by atoms with E-state index in [1.165, 1.54) is 6.33 Å². The number of methoxy groups -OCH3 is 2. The Morgan fingerprint density at radius 1 is 1.00 bits per heavy atom. The van der Waals surface area contributed by atoms with Crippen LogP contribution in [0.25, 0.3) is 0 Å². The molecule has 0 saturated heterocycles. The molecule has 1 aromatic carbocycles. The zero-order valence-corrected chi connectivity index (χ0v) is 12.0. The lowest BCUT2D eigenvalue weighted by Gasteiger charge is -2.19. The number of ether oxygens (including phenoxy) is 2. The highest BCUT2D eigenvalue weighted by Crippen LogP contribution is 2.29. The van der Waals surface area contributed by atoms with E-state index in [9.17, 15) is 0 Å². The normalized spacial score (nSPS) is 11.9. The number of hydrogen-bond donors (Lipinski definition) is 1. The summed E-state index contributed by atoms with van der Waals surface area (Å²) >= 11 is 0. The summed E-state index contributed by atoms with van der Waals surface area (Å²) in [7, 11) is 3.29. The van der Waals surface area contributed by atoms with Crippen molar-refractivity contribution in [2.45, 2.75) is 13.0 Å². The second-order valence-electron chi connectivity index (χ2n) is 4.31. The maximum absolute atomic E-state index is 5.32. The highest BCUT2D eigenvalue weighted by molar-refractivity contribution is 5.42. The van der Waals surface area contributed by atoms with Crippen LogP contribution in [0.3, 0.4) is 0 Å². The molecule has 0 spiro atoms. The van der Waals surface area contributed by atoms with Crippen LogP contribution in [0.15, 0.2) is 36.9 Å². The molecule has 0 aliphatic heterocycles. The summed E-state index contributed by atoms with van der Waals surface area (Å²) in [4.78, 5) is 8.17. The van der Waals surface area contributed by atoms with Gasteiger partial charge in [0.05, 0.1) is 20.3 Å². The first kappa shape index (κ1) is 14.3. The maximum Gasteiger partial charge on any atom is 0.122 e. The van der Waals surface area contributed by atoms with Gasteiger partial charge in [-0.2, -0.15) is 0 Å². The molecule has 0 saturated carbocycles. The highest BCUT2D eigenvalue weighted by Gasteiger charge is 2.15. The minimum atomic E-state index is 0.00481. The van der Waals surface area contributed by atoms with E-state index >= 15 is 0 Å². The van der Waals surface area contributed by atoms with Gasteiger partial charge in [0, 0.05) is 24.0 Å². The molecule has 5 heteroatoms. The van der Waals surface area contributed by atoms with Crippen LogP contribution >= 0.6 is 0 Å². The predicted molar refractivity (Wildman–Crippen MR) is 77.1 cm³/mol. The lowest BCUT2D eigenvalue weighted by Crippen LogP contribution is -2.22. The van der Waals surface area contributed by atoms with Gasteiger partial charge in [-0.1, -0.05) is 6.92 Å². The minimum absolute atomic E-state index is 0.00481. The van der Waals surface area contributed by atoms with E-state index in [2.05, 4.69) is 22.2 Å². The van der Waals surface area contributed by atoms with E-state index in [1.54, 1.807) is 14.2 Å². The van der Waals surface area contributed by atoms with Crippen molar-refractivity contribution in [3.8, 4) is 11.5 Å². The smallest absolute Gasteiger partial charge is 0.122 e. The predicted octanol–water partition coefficient (Wildman–Crippen LogP) is 2.19. The van der Waals surface area contributed by atoms with Crippen LogP contribution in [0, 0.1) is 0 Å². The number of benzene rings is 1. The van der Waals surface area contributed by atoms with Gasteiger partial charge in [-0.05, 0) is 24.2 Å². The molecule has 0 amide bonds. The Morgan fingerprint density at radius 3 is 2.10 bits per heavy atom. The van der Waals surface area contributed by atoms with Gasteiger partial charge >= 0.3 is 0 Å². The Bertz CT molecular complexity index is 524. The maximum atomic E-state index is 5.32. The van der Waals surface area contributed by atoms with Crippen molar-refractivity contribution in [1.82, 2.24) is 15.3 Å². The largest absolute Gasteiger partial charge is 0.497 e. The van der Waals surface area contributed by atoms with Gasteiger partial charge in [0.15, 0.2) is 0 Å². The van der Waals surface area contributed by atoms with Crippen molar-refractivity contribution in [2.75, 3.05) is 20.8 Å². The molecule has 0 aliphatic rings. The molecule has 2 aromatic rings. The summed E-state index contributed by atoms with van der Waals surface area (Å²) < 4.78 is 10.6. The van der Waals surface area contributed by atoms with Crippen LogP contribution in [-0.4, -0.2) is 30.7 Å². The first-order chi connectivity index (χ1) is 9.78. The van der Waals surface area contributed by atoms with Crippen LogP contribution < -0.4 is 14.8 Å². The zero-order chi connectivity index (χ0) is 14.4. The van der Waals surface area contributed by atoms with Gasteiger partial charge in [0.2, 0.25) is 0 Å². The molecule has 0 fully saturated rings.